The zero-order valence-electron chi connectivity index (χ0n) is 15.3. The van der Waals surface area contributed by atoms with E-state index in [0.29, 0.717) is 15.4 Å². The molecule has 2 amide bonds. The first-order chi connectivity index (χ1) is 12.9. The van der Waals surface area contributed by atoms with Gasteiger partial charge in [0.2, 0.25) is 0 Å². The Kier molecular flexibility index (Phi) is 5.96. The van der Waals surface area contributed by atoms with Crippen molar-refractivity contribution in [3.63, 3.8) is 0 Å². The second-order valence-corrected chi connectivity index (χ2v) is 8.81. The summed E-state index contributed by atoms with van der Waals surface area (Å²) in [5.74, 6) is -1.53. The molecular formula is C19H22N2O4S2. The highest BCUT2D eigenvalue weighted by molar-refractivity contribution is 7.17. The molecule has 0 saturated heterocycles. The minimum Gasteiger partial charge on any atom is -0.451 e. The second-order valence-electron chi connectivity index (χ2n) is 6.45. The lowest BCUT2D eigenvalue weighted by Crippen LogP contribution is -2.22. The molecule has 0 radical (unpaired) electrons. The Bertz CT molecular complexity index is 898. The number of fused-ring (bicyclic) bond motifs is 1. The van der Waals surface area contributed by atoms with Crippen molar-refractivity contribution < 1.29 is 19.1 Å². The maximum Gasteiger partial charge on any atom is 0.348 e. The van der Waals surface area contributed by atoms with Gasteiger partial charge in [-0.05, 0) is 56.2 Å². The Balaban J connectivity index is 1.65. The zero-order chi connectivity index (χ0) is 19.6. The van der Waals surface area contributed by atoms with Gasteiger partial charge < -0.3 is 15.8 Å². The summed E-state index contributed by atoms with van der Waals surface area (Å²) in [4.78, 5) is 38.9. The smallest absolute Gasteiger partial charge is 0.348 e. The maximum absolute atomic E-state index is 12.2. The molecule has 0 saturated carbocycles. The van der Waals surface area contributed by atoms with Crippen LogP contribution in [0.2, 0.25) is 0 Å². The van der Waals surface area contributed by atoms with Crippen LogP contribution >= 0.6 is 22.7 Å². The summed E-state index contributed by atoms with van der Waals surface area (Å²) in [7, 11) is 0. The highest BCUT2D eigenvalue weighted by Crippen LogP contribution is 2.37. The average molecular weight is 407 g/mol. The van der Waals surface area contributed by atoms with Gasteiger partial charge in [-0.1, -0.05) is 6.92 Å². The Morgan fingerprint density at radius 1 is 1.22 bits per heavy atom. The van der Waals surface area contributed by atoms with Crippen LogP contribution in [0.25, 0.3) is 0 Å². The van der Waals surface area contributed by atoms with Crippen LogP contribution in [0.3, 0.4) is 0 Å². The van der Waals surface area contributed by atoms with Crippen molar-refractivity contribution in [3.8, 4) is 0 Å². The van der Waals surface area contributed by atoms with Crippen molar-refractivity contribution in [1.82, 2.24) is 0 Å². The average Bonchev–Trinajstić information content (AvgIpc) is 3.19. The molecular weight excluding hydrogens is 384 g/mol. The van der Waals surface area contributed by atoms with Gasteiger partial charge in [0.05, 0.1) is 5.56 Å². The van der Waals surface area contributed by atoms with E-state index < -0.39 is 24.4 Å². The third-order valence-corrected chi connectivity index (χ3v) is 6.89. The Morgan fingerprint density at radius 3 is 2.63 bits per heavy atom. The number of carbonyl (C=O) groups excluding carboxylic acids is 3. The molecule has 0 spiro atoms. The van der Waals surface area contributed by atoms with Gasteiger partial charge in [0.1, 0.15) is 9.88 Å². The number of anilines is 1. The van der Waals surface area contributed by atoms with Gasteiger partial charge in [-0.25, -0.2) is 4.79 Å². The predicted molar refractivity (Wildman–Crippen MR) is 107 cm³/mol. The van der Waals surface area contributed by atoms with Crippen LogP contribution in [0.4, 0.5) is 5.00 Å². The second kappa shape index (κ2) is 8.22. The van der Waals surface area contributed by atoms with Gasteiger partial charge in [0.25, 0.3) is 11.8 Å². The molecule has 0 aromatic carbocycles. The van der Waals surface area contributed by atoms with E-state index in [2.05, 4.69) is 5.32 Å². The number of hydrogen-bond donors (Lipinski definition) is 2. The topological polar surface area (TPSA) is 98.5 Å². The number of primary amides is 1. The van der Waals surface area contributed by atoms with Gasteiger partial charge in [0, 0.05) is 9.75 Å². The molecule has 1 aliphatic rings. The summed E-state index contributed by atoms with van der Waals surface area (Å²) < 4.78 is 5.13. The molecule has 3 rings (SSSR count). The van der Waals surface area contributed by atoms with Crippen LogP contribution in [-0.2, 0) is 28.8 Å². The fourth-order valence-corrected chi connectivity index (χ4v) is 5.57. The lowest BCUT2D eigenvalue weighted by molar-refractivity contribution is -0.119. The summed E-state index contributed by atoms with van der Waals surface area (Å²) in [5, 5.41) is 3.14. The predicted octanol–water partition coefficient (Wildman–Crippen LogP) is 3.45. The van der Waals surface area contributed by atoms with Crippen LogP contribution in [0.15, 0.2) is 6.07 Å². The largest absolute Gasteiger partial charge is 0.451 e. The number of aryl methyl sites for hydroxylation is 3. The first-order valence-electron chi connectivity index (χ1n) is 8.91. The van der Waals surface area contributed by atoms with Gasteiger partial charge in [-0.3, -0.25) is 9.59 Å². The van der Waals surface area contributed by atoms with Crippen molar-refractivity contribution in [1.29, 1.82) is 0 Å². The minimum atomic E-state index is -0.539. The molecule has 6 nitrogen and oxygen atoms in total. The van der Waals surface area contributed by atoms with E-state index in [1.54, 1.807) is 6.07 Å². The Hall–Kier alpha value is -2.19. The Labute approximate surface area is 165 Å². The van der Waals surface area contributed by atoms with Crippen LogP contribution in [0.1, 0.15) is 60.7 Å². The molecule has 0 atom stereocenters. The molecule has 3 N–H and O–H groups in total. The third-order valence-electron chi connectivity index (χ3n) is 4.61. The van der Waals surface area contributed by atoms with Crippen molar-refractivity contribution >= 4 is 45.5 Å². The van der Waals surface area contributed by atoms with Crippen LogP contribution < -0.4 is 11.1 Å². The fraction of sp³-hybridized carbons (Fsp3) is 0.421. The standard InChI is InChI=1S/C19H22N2O4S2/c1-3-11-8-14(26-10(11)2)19(24)25-9-15(22)21-18-16(17(20)23)12-6-4-5-7-13(12)27-18/h8H,3-7,9H2,1-2H3,(H2,20,23)(H,21,22). The first kappa shape index (κ1) is 19.6. The number of thiophene rings is 2. The summed E-state index contributed by atoms with van der Waals surface area (Å²) in [6.07, 6.45) is 4.61. The summed E-state index contributed by atoms with van der Waals surface area (Å²) >= 11 is 2.75. The Morgan fingerprint density at radius 2 is 1.96 bits per heavy atom. The van der Waals surface area contributed by atoms with Gasteiger partial charge in [-0.2, -0.15) is 0 Å². The summed E-state index contributed by atoms with van der Waals surface area (Å²) in [6.45, 7) is 3.57. The number of esters is 1. The lowest BCUT2D eigenvalue weighted by Gasteiger charge is -2.11. The molecule has 0 fully saturated rings. The fourth-order valence-electron chi connectivity index (χ4n) is 3.25. The normalized spacial score (nSPS) is 13.1. The van der Waals surface area contributed by atoms with Gasteiger partial charge in [-0.15, -0.1) is 22.7 Å². The monoisotopic (exact) mass is 406 g/mol. The molecule has 1 aliphatic carbocycles. The number of amides is 2. The summed E-state index contributed by atoms with van der Waals surface area (Å²) in [6, 6.07) is 1.80. The number of hydrogen-bond acceptors (Lipinski definition) is 6. The quantitative estimate of drug-likeness (QED) is 0.718. The highest BCUT2D eigenvalue weighted by Gasteiger charge is 2.25. The third kappa shape index (κ3) is 4.22. The maximum atomic E-state index is 12.2. The molecule has 144 valence electrons. The highest BCUT2D eigenvalue weighted by atomic mass is 32.1. The number of carbonyl (C=O) groups is 3. The van der Waals surface area contributed by atoms with Crippen LogP contribution in [-0.4, -0.2) is 24.4 Å². The van der Waals surface area contributed by atoms with Gasteiger partial charge in [0.15, 0.2) is 6.61 Å². The van der Waals surface area contributed by atoms with Crippen LogP contribution in [0.5, 0.6) is 0 Å². The number of nitrogens with one attached hydrogen (secondary N) is 1. The lowest BCUT2D eigenvalue weighted by atomic mass is 9.95. The number of ether oxygens (including phenoxy) is 1. The molecule has 2 aromatic rings. The molecule has 0 aliphatic heterocycles. The van der Waals surface area contributed by atoms with E-state index in [1.807, 2.05) is 13.8 Å². The molecule has 8 heteroatoms. The molecule has 2 aromatic heterocycles. The molecule has 0 unspecified atom stereocenters. The van der Waals surface area contributed by atoms with E-state index in [-0.39, 0.29) is 0 Å². The van der Waals surface area contributed by atoms with Crippen molar-refractivity contribution in [3.05, 3.63) is 37.4 Å². The van der Waals surface area contributed by atoms with Crippen molar-refractivity contribution in [2.75, 3.05) is 11.9 Å². The molecule has 2 heterocycles. The van der Waals surface area contributed by atoms with E-state index in [9.17, 15) is 14.4 Å². The van der Waals surface area contributed by atoms with E-state index in [4.69, 9.17) is 10.5 Å². The first-order valence-corrected chi connectivity index (χ1v) is 10.5. The SMILES string of the molecule is CCc1cc(C(=O)OCC(=O)Nc2sc3c(c2C(N)=O)CCCC3)sc1C. The summed E-state index contributed by atoms with van der Waals surface area (Å²) in [5.41, 5.74) is 7.97. The minimum absolute atomic E-state index is 0.399. The van der Waals surface area contributed by atoms with Crippen LogP contribution in [0, 0.1) is 6.92 Å². The van der Waals surface area contributed by atoms with Crippen molar-refractivity contribution in [2.45, 2.75) is 46.0 Å². The number of nitrogens with two attached hydrogens (primary N) is 1. The van der Waals surface area contributed by atoms with E-state index >= 15 is 0 Å². The number of rotatable bonds is 6. The van der Waals surface area contributed by atoms with Gasteiger partial charge >= 0.3 is 5.97 Å². The van der Waals surface area contributed by atoms with E-state index in [0.717, 1.165) is 53.0 Å². The zero-order valence-corrected chi connectivity index (χ0v) is 17.0. The van der Waals surface area contributed by atoms with Crippen molar-refractivity contribution in [2.24, 2.45) is 5.73 Å². The molecule has 27 heavy (non-hydrogen) atoms. The van der Waals surface area contributed by atoms with E-state index in [1.165, 1.54) is 22.7 Å². The molecule has 0 bridgehead atoms.